The number of aliphatic imine (C=N–C) groups is 1. The Bertz CT molecular complexity index is 1010. The number of aliphatic carboxylic acids is 1. The van der Waals surface area contributed by atoms with E-state index in [1.165, 1.54) is 23.2 Å². The summed E-state index contributed by atoms with van der Waals surface area (Å²) in [6.07, 6.45) is -1.72. The molecule has 1 aliphatic heterocycles. The number of carboxylic acid groups (broad SMARTS) is 1. The largest absolute Gasteiger partial charge is 0.479 e. The van der Waals surface area contributed by atoms with E-state index in [0.717, 1.165) is 0 Å². The Morgan fingerprint density at radius 1 is 1.23 bits per heavy atom. The van der Waals surface area contributed by atoms with E-state index in [4.69, 9.17) is 16.7 Å². The SMILES string of the molecule is O=C(NN(Cc1ccc(-c2cc(Cl)ccc2F)cc1)C[C@@H](O)C(=O)O)C1=NCN=N1. The van der Waals surface area contributed by atoms with Gasteiger partial charge >= 0.3 is 11.9 Å². The van der Waals surface area contributed by atoms with Gasteiger partial charge in [-0.1, -0.05) is 35.9 Å². The van der Waals surface area contributed by atoms with E-state index in [1.807, 2.05) is 0 Å². The number of amides is 1. The van der Waals surface area contributed by atoms with E-state index in [2.05, 4.69) is 20.6 Å². The Hall–Kier alpha value is -3.21. The van der Waals surface area contributed by atoms with Crippen molar-refractivity contribution in [3.63, 3.8) is 0 Å². The van der Waals surface area contributed by atoms with Gasteiger partial charge < -0.3 is 10.2 Å². The zero-order valence-corrected chi connectivity index (χ0v) is 16.3. The quantitative estimate of drug-likeness (QED) is 0.550. The second-order valence-corrected chi connectivity index (χ2v) is 6.80. The zero-order valence-electron chi connectivity index (χ0n) is 15.5. The summed E-state index contributed by atoms with van der Waals surface area (Å²) in [6.45, 7) is -0.267. The smallest absolute Gasteiger partial charge is 0.333 e. The van der Waals surface area contributed by atoms with Crippen molar-refractivity contribution in [2.45, 2.75) is 12.6 Å². The Balaban J connectivity index is 1.75. The number of azo groups is 1. The van der Waals surface area contributed by atoms with Crippen LogP contribution < -0.4 is 5.43 Å². The molecule has 0 aromatic heterocycles. The Kier molecular flexibility index (Phi) is 6.83. The lowest BCUT2D eigenvalue weighted by atomic mass is 10.0. The summed E-state index contributed by atoms with van der Waals surface area (Å²) in [5.41, 5.74) is 4.08. The zero-order chi connectivity index (χ0) is 21.7. The van der Waals surface area contributed by atoms with E-state index in [1.54, 1.807) is 24.3 Å². The summed E-state index contributed by atoms with van der Waals surface area (Å²) in [5.74, 6) is -2.67. The maximum absolute atomic E-state index is 14.1. The lowest BCUT2D eigenvalue weighted by molar-refractivity contribution is -0.148. The molecule has 3 rings (SSSR count). The minimum absolute atomic E-state index is 0.0437. The highest BCUT2D eigenvalue weighted by atomic mass is 35.5. The maximum Gasteiger partial charge on any atom is 0.333 e. The third kappa shape index (κ3) is 5.44. The molecule has 1 amide bonds. The molecule has 0 saturated heterocycles. The Morgan fingerprint density at radius 2 is 1.97 bits per heavy atom. The van der Waals surface area contributed by atoms with Crippen molar-refractivity contribution in [1.29, 1.82) is 0 Å². The van der Waals surface area contributed by atoms with E-state index in [-0.39, 0.29) is 25.6 Å². The van der Waals surface area contributed by atoms with E-state index < -0.39 is 23.8 Å². The monoisotopic (exact) mass is 433 g/mol. The number of carbonyl (C=O) groups is 2. The molecule has 0 saturated carbocycles. The molecule has 0 unspecified atom stereocenters. The van der Waals surface area contributed by atoms with Crippen LogP contribution in [0.25, 0.3) is 11.1 Å². The highest BCUT2D eigenvalue weighted by Crippen LogP contribution is 2.26. The van der Waals surface area contributed by atoms with Crippen LogP contribution in [-0.4, -0.2) is 52.3 Å². The fourth-order valence-corrected chi connectivity index (χ4v) is 2.88. The number of hydrogen-bond acceptors (Lipinski definition) is 7. The molecule has 156 valence electrons. The van der Waals surface area contributed by atoms with Crippen LogP contribution in [0.4, 0.5) is 4.39 Å². The van der Waals surface area contributed by atoms with Crippen LogP contribution in [0.15, 0.2) is 57.7 Å². The first-order chi connectivity index (χ1) is 14.3. The fraction of sp³-hybridized carbons (Fsp3) is 0.211. The first-order valence-electron chi connectivity index (χ1n) is 8.76. The van der Waals surface area contributed by atoms with Crippen LogP contribution in [-0.2, 0) is 16.1 Å². The van der Waals surface area contributed by atoms with Crippen LogP contribution in [0.5, 0.6) is 0 Å². The summed E-state index contributed by atoms with van der Waals surface area (Å²) < 4.78 is 14.1. The number of amidine groups is 1. The predicted octanol–water partition coefficient (Wildman–Crippen LogP) is 2.25. The van der Waals surface area contributed by atoms with E-state index in [0.29, 0.717) is 21.7 Å². The summed E-state index contributed by atoms with van der Waals surface area (Å²) in [7, 11) is 0. The standard InChI is InChI=1S/C19H17ClFN5O4/c20-13-5-6-15(21)14(7-13)12-3-1-11(2-4-12)8-26(9-16(27)19(29)30)25-18(28)17-22-10-23-24-17/h1-7,16,27H,8-10H2,(H,25,28)(H,29,30)/t16-/m1/s1. The van der Waals surface area contributed by atoms with Gasteiger partial charge in [-0.25, -0.2) is 19.2 Å². The normalized spacial score (nSPS) is 13.9. The van der Waals surface area contributed by atoms with Crippen molar-refractivity contribution in [1.82, 2.24) is 10.4 Å². The number of hydrogen-bond donors (Lipinski definition) is 3. The molecule has 0 spiro atoms. The maximum atomic E-state index is 14.1. The molecular formula is C19H17ClFN5O4. The van der Waals surface area contributed by atoms with Crippen molar-refractivity contribution in [2.24, 2.45) is 15.2 Å². The highest BCUT2D eigenvalue weighted by Gasteiger charge is 2.22. The van der Waals surface area contributed by atoms with E-state index >= 15 is 0 Å². The average Bonchev–Trinajstić information content (AvgIpc) is 3.25. The number of nitrogens with one attached hydrogen (secondary N) is 1. The fourth-order valence-electron chi connectivity index (χ4n) is 2.71. The number of halogens is 2. The van der Waals surface area contributed by atoms with Crippen molar-refractivity contribution in [2.75, 3.05) is 13.2 Å². The molecule has 3 N–H and O–H groups in total. The number of aliphatic hydroxyl groups is 1. The van der Waals surface area contributed by atoms with Crippen LogP contribution in [0.3, 0.4) is 0 Å². The van der Waals surface area contributed by atoms with Crippen LogP contribution >= 0.6 is 11.6 Å². The van der Waals surface area contributed by atoms with Crippen LogP contribution in [0.1, 0.15) is 5.56 Å². The van der Waals surface area contributed by atoms with Gasteiger partial charge in [0, 0.05) is 17.1 Å². The minimum Gasteiger partial charge on any atom is -0.479 e. The van der Waals surface area contributed by atoms with E-state index in [9.17, 15) is 19.1 Å². The summed E-state index contributed by atoms with van der Waals surface area (Å²) in [6, 6.07) is 11.0. The molecule has 2 aromatic rings. The number of carbonyl (C=O) groups excluding carboxylic acids is 1. The number of carboxylic acids is 1. The molecular weight excluding hydrogens is 417 g/mol. The summed E-state index contributed by atoms with van der Waals surface area (Å²) in [5, 5.41) is 27.4. The molecule has 0 fully saturated rings. The third-order valence-electron chi connectivity index (χ3n) is 4.16. The van der Waals surface area contributed by atoms with Gasteiger partial charge in [-0.3, -0.25) is 10.2 Å². The van der Waals surface area contributed by atoms with Crippen molar-refractivity contribution < 1.29 is 24.2 Å². The molecule has 30 heavy (non-hydrogen) atoms. The minimum atomic E-state index is -1.72. The average molecular weight is 434 g/mol. The van der Waals surface area contributed by atoms with Crippen molar-refractivity contribution in [3.05, 3.63) is 58.9 Å². The molecule has 0 radical (unpaired) electrons. The topological polar surface area (TPSA) is 127 Å². The number of nitrogens with zero attached hydrogens (tertiary/aromatic N) is 4. The second-order valence-electron chi connectivity index (χ2n) is 6.36. The van der Waals surface area contributed by atoms with Gasteiger partial charge in [0.1, 0.15) is 5.82 Å². The van der Waals surface area contributed by atoms with Gasteiger partial charge in [0.25, 0.3) is 0 Å². The number of aliphatic hydroxyl groups excluding tert-OH is 1. The molecule has 1 aliphatic rings. The Morgan fingerprint density at radius 3 is 2.60 bits per heavy atom. The van der Waals surface area contributed by atoms with Gasteiger partial charge in [0.2, 0.25) is 5.84 Å². The number of benzene rings is 2. The van der Waals surface area contributed by atoms with Gasteiger partial charge in [-0.15, -0.1) is 5.11 Å². The van der Waals surface area contributed by atoms with Gasteiger partial charge in [-0.05, 0) is 29.3 Å². The number of rotatable bonds is 8. The molecule has 0 aliphatic carbocycles. The molecule has 1 atom stereocenters. The van der Waals surface area contributed by atoms with Gasteiger partial charge in [0.15, 0.2) is 12.8 Å². The highest BCUT2D eigenvalue weighted by molar-refractivity contribution is 6.38. The number of hydrazine groups is 1. The first kappa shape index (κ1) is 21.5. The third-order valence-corrected chi connectivity index (χ3v) is 4.39. The molecule has 0 bridgehead atoms. The molecule has 11 heteroatoms. The molecule has 9 nitrogen and oxygen atoms in total. The summed E-state index contributed by atoms with van der Waals surface area (Å²) in [4.78, 5) is 27.0. The van der Waals surface area contributed by atoms with Crippen LogP contribution in [0, 0.1) is 5.82 Å². The molecule has 1 heterocycles. The lowest BCUT2D eigenvalue weighted by Gasteiger charge is -2.24. The van der Waals surface area contributed by atoms with Crippen molar-refractivity contribution >= 4 is 29.3 Å². The Labute approximate surface area is 175 Å². The van der Waals surface area contributed by atoms with Crippen LogP contribution in [0.2, 0.25) is 5.02 Å². The van der Waals surface area contributed by atoms with Gasteiger partial charge in [-0.2, -0.15) is 5.11 Å². The van der Waals surface area contributed by atoms with Gasteiger partial charge in [0.05, 0.1) is 6.54 Å². The lowest BCUT2D eigenvalue weighted by Crippen LogP contribution is -2.49. The second kappa shape index (κ2) is 9.53. The predicted molar refractivity (Wildman–Crippen MR) is 106 cm³/mol. The molecule has 2 aromatic carbocycles. The first-order valence-corrected chi connectivity index (χ1v) is 9.14. The van der Waals surface area contributed by atoms with Crippen molar-refractivity contribution in [3.8, 4) is 11.1 Å². The summed E-state index contributed by atoms with van der Waals surface area (Å²) >= 11 is 5.93.